The summed E-state index contributed by atoms with van der Waals surface area (Å²) >= 11 is 0. The lowest BCUT2D eigenvalue weighted by Gasteiger charge is -2.37. The van der Waals surface area contributed by atoms with Gasteiger partial charge in [-0.05, 0) is 60.3 Å². The Kier molecular flexibility index (Phi) is 6.91. The van der Waals surface area contributed by atoms with Gasteiger partial charge in [-0.25, -0.2) is 9.59 Å². The highest BCUT2D eigenvalue weighted by Crippen LogP contribution is 2.44. The number of amides is 2. The lowest BCUT2D eigenvalue weighted by atomic mass is 9.77. The fraction of sp³-hybridized carbons (Fsp3) is 0.444. The van der Waals surface area contributed by atoms with Crippen LogP contribution in [0.25, 0.3) is 11.1 Å². The van der Waals surface area contributed by atoms with Crippen molar-refractivity contribution in [1.82, 2.24) is 10.6 Å². The predicted octanol–water partition coefficient (Wildman–Crippen LogP) is 4.45. The third-order valence-electron chi connectivity index (χ3n) is 7.26. The lowest BCUT2D eigenvalue weighted by Crippen LogP contribution is -2.60. The number of nitrogens with one attached hydrogen (secondary N) is 2. The maximum Gasteiger partial charge on any atom is 0.407 e. The molecule has 2 aromatic carbocycles. The first kappa shape index (κ1) is 23.8. The molecular weight excluding hydrogens is 432 g/mol. The van der Waals surface area contributed by atoms with Crippen LogP contribution in [0.3, 0.4) is 0 Å². The van der Waals surface area contributed by atoms with Gasteiger partial charge in [-0.15, -0.1) is 0 Å². The molecule has 0 heterocycles. The average molecular weight is 465 g/mol. The van der Waals surface area contributed by atoms with Gasteiger partial charge in [-0.2, -0.15) is 0 Å². The van der Waals surface area contributed by atoms with E-state index in [9.17, 15) is 19.5 Å². The Labute approximate surface area is 199 Å². The number of ether oxygens (including phenoxy) is 1. The number of carbonyl (C=O) groups excluding carboxylic acids is 2. The lowest BCUT2D eigenvalue weighted by molar-refractivity contribution is -0.150. The van der Waals surface area contributed by atoms with E-state index in [-0.39, 0.29) is 12.5 Å². The van der Waals surface area contributed by atoms with Crippen LogP contribution in [0.5, 0.6) is 0 Å². The normalized spacial score (nSPS) is 22.2. The molecule has 1 atom stereocenters. The maximum atomic E-state index is 12.9. The number of carbonyl (C=O) groups is 3. The Hall–Kier alpha value is -3.35. The fourth-order valence-corrected chi connectivity index (χ4v) is 5.11. The molecule has 1 fully saturated rings. The van der Waals surface area contributed by atoms with E-state index in [2.05, 4.69) is 29.7 Å². The molecule has 1 saturated carbocycles. The van der Waals surface area contributed by atoms with Crippen molar-refractivity contribution in [2.75, 3.05) is 6.61 Å². The van der Waals surface area contributed by atoms with Crippen LogP contribution in [-0.4, -0.2) is 41.3 Å². The summed E-state index contributed by atoms with van der Waals surface area (Å²) in [6.07, 6.45) is 1.88. The van der Waals surface area contributed by atoms with E-state index in [4.69, 9.17) is 4.74 Å². The van der Waals surface area contributed by atoms with Crippen molar-refractivity contribution in [3.8, 4) is 11.1 Å². The van der Waals surface area contributed by atoms with Crippen LogP contribution in [0.15, 0.2) is 48.5 Å². The zero-order valence-corrected chi connectivity index (χ0v) is 19.7. The first-order chi connectivity index (χ1) is 16.3. The molecule has 3 N–H and O–H groups in total. The molecule has 1 unspecified atom stereocenters. The van der Waals surface area contributed by atoms with E-state index >= 15 is 0 Å². The molecule has 0 spiro atoms. The molecule has 34 heavy (non-hydrogen) atoms. The van der Waals surface area contributed by atoms with E-state index in [0.717, 1.165) is 35.1 Å². The Bertz CT molecular complexity index is 1030. The zero-order valence-electron chi connectivity index (χ0n) is 19.7. The minimum atomic E-state index is -1.28. The highest BCUT2D eigenvalue weighted by atomic mass is 16.5. The highest BCUT2D eigenvalue weighted by molar-refractivity contribution is 5.91. The van der Waals surface area contributed by atoms with Gasteiger partial charge in [-0.1, -0.05) is 62.4 Å². The molecule has 0 aliphatic heterocycles. The molecule has 0 saturated heterocycles. The third kappa shape index (κ3) is 4.65. The maximum absolute atomic E-state index is 12.9. The van der Waals surface area contributed by atoms with Gasteiger partial charge in [0.1, 0.15) is 18.2 Å². The summed E-state index contributed by atoms with van der Waals surface area (Å²) in [7, 11) is 0. The third-order valence-corrected chi connectivity index (χ3v) is 7.26. The van der Waals surface area contributed by atoms with Crippen molar-refractivity contribution < 1.29 is 24.2 Å². The molecule has 0 aromatic heterocycles. The summed E-state index contributed by atoms with van der Waals surface area (Å²) in [6, 6.07) is 15.3. The number of benzene rings is 2. The molecule has 7 heteroatoms. The molecule has 0 bridgehead atoms. The minimum absolute atomic E-state index is 0.0773. The van der Waals surface area contributed by atoms with E-state index < -0.39 is 29.6 Å². The van der Waals surface area contributed by atoms with Crippen LogP contribution >= 0.6 is 0 Å². The van der Waals surface area contributed by atoms with Crippen molar-refractivity contribution in [2.24, 2.45) is 5.92 Å². The smallest absolute Gasteiger partial charge is 0.407 e. The number of hydrogen-bond donors (Lipinski definition) is 3. The van der Waals surface area contributed by atoms with Crippen molar-refractivity contribution in [2.45, 2.75) is 63.5 Å². The van der Waals surface area contributed by atoms with E-state index in [1.807, 2.05) is 36.4 Å². The van der Waals surface area contributed by atoms with Crippen molar-refractivity contribution in [3.05, 3.63) is 59.7 Å². The Morgan fingerprint density at radius 3 is 2.12 bits per heavy atom. The second-order valence-electron chi connectivity index (χ2n) is 9.49. The summed E-state index contributed by atoms with van der Waals surface area (Å²) in [5, 5.41) is 15.1. The van der Waals surface area contributed by atoms with Gasteiger partial charge in [0.2, 0.25) is 5.91 Å². The highest BCUT2D eigenvalue weighted by Gasteiger charge is 2.43. The second kappa shape index (κ2) is 9.87. The SMILES string of the molecule is CCC(NC(=O)OCC1c2ccccc2-c2ccccc21)C(=O)NC1(C(=O)O)CCC(C)CC1. The monoisotopic (exact) mass is 464 g/mol. The summed E-state index contributed by atoms with van der Waals surface area (Å²) in [4.78, 5) is 37.5. The number of aliphatic carboxylic acids is 1. The van der Waals surface area contributed by atoms with Crippen molar-refractivity contribution >= 4 is 18.0 Å². The van der Waals surface area contributed by atoms with Gasteiger partial charge in [0.05, 0.1) is 0 Å². The number of hydrogen-bond acceptors (Lipinski definition) is 4. The summed E-state index contributed by atoms with van der Waals surface area (Å²) < 4.78 is 5.55. The summed E-state index contributed by atoms with van der Waals surface area (Å²) in [5.41, 5.74) is 3.21. The Morgan fingerprint density at radius 1 is 1.03 bits per heavy atom. The van der Waals surface area contributed by atoms with Crippen molar-refractivity contribution in [3.63, 3.8) is 0 Å². The van der Waals surface area contributed by atoms with Crippen LogP contribution in [0.4, 0.5) is 4.79 Å². The van der Waals surface area contributed by atoms with Gasteiger partial charge >= 0.3 is 12.1 Å². The Morgan fingerprint density at radius 2 is 1.59 bits per heavy atom. The predicted molar refractivity (Wildman–Crippen MR) is 128 cm³/mol. The first-order valence-electron chi connectivity index (χ1n) is 12.0. The minimum Gasteiger partial charge on any atom is -0.480 e. The molecule has 2 aliphatic rings. The molecule has 7 nitrogen and oxygen atoms in total. The van der Waals surface area contributed by atoms with Crippen molar-refractivity contribution in [1.29, 1.82) is 0 Å². The van der Waals surface area contributed by atoms with Gasteiger partial charge in [0, 0.05) is 5.92 Å². The molecule has 2 aliphatic carbocycles. The number of fused-ring (bicyclic) bond motifs is 3. The van der Waals surface area contributed by atoms with Crippen LogP contribution in [-0.2, 0) is 14.3 Å². The van der Waals surface area contributed by atoms with Gasteiger partial charge < -0.3 is 20.5 Å². The van der Waals surface area contributed by atoms with E-state index in [0.29, 0.717) is 25.2 Å². The average Bonchev–Trinajstić information content (AvgIpc) is 3.16. The second-order valence-corrected chi connectivity index (χ2v) is 9.49. The molecule has 2 aromatic rings. The van der Waals surface area contributed by atoms with Gasteiger partial charge in [-0.3, -0.25) is 4.79 Å². The van der Waals surface area contributed by atoms with Crippen LogP contribution in [0, 0.1) is 5.92 Å². The molecular formula is C27H32N2O5. The topological polar surface area (TPSA) is 105 Å². The fourth-order valence-electron chi connectivity index (χ4n) is 5.11. The standard InChI is InChI=1S/C27H32N2O5/c1-3-23(24(30)29-27(25(31)32)14-12-17(2)13-15-27)28-26(33)34-16-22-20-10-6-4-8-18(20)19-9-5-7-11-21(19)22/h4-11,17,22-23H,3,12-16H2,1-2H3,(H,28,33)(H,29,30)(H,31,32). The first-order valence-corrected chi connectivity index (χ1v) is 12.0. The number of alkyl carbamates (subject to hydrolysis) is 1. The quantitative estimate of drug-likeness (QED) is 0.561. The largest absolute Gasteiger partial charge is 0.480 e. The van der Waals surface area contributed by atoms with Crippen LogP contribution in [0.2, 0.25) is 0 Å². The van der Waals surface area contributed by atoms with Gasteiger partial charge in [0.25, 0.3) is 0 Å². The van der Waals surface area contributed by atoms with Crippen LogP contribution < -0.4 is 10.6 Å². The van der Waals surface area contributed by atoms with Crippen LogP contribution in [0.1, 0.15) is 63.0 Å². The van der Waals surface area contributed by atoms with E-state index in [1.165, 1.54) is 0 Å². The zero-order chi connectivity index (χ0) is 24.3. The molecule has 4 rings (SSSR count). The van der Waals surface area contributed by atoms with E-state index in [1.54, 1.807) is 6.92 Å². The summed E-state index contributed by atoms with van der Waals surface area (Å²) in [6.45, 7) is 4.00. The van der Waals surface area contributed by atoms with Gasteiger partial charge in [0.15, 0.2) is 0 Å². The molecule has 180 valence electrons. The number of carboxylic acid groups (broad SMARTS) is 1. The number of carboxylic acids is 1. The molecule has 0 radical (unpaired) electrons. The Balaban J connectivity index is 1.38. The number of rotatable bonds is 7. The molecule has 2 amide bonds. The summed E-state index contributed by atoms with van der Waals surface area (Å²) in [5.74, 6) is -1.16.